The Morgan fingerprint density at radius 1 is 1.21 bits per heavy atom. The minimum Gasteiger partial charge on any atom is -0.315 e. The SMILES string of the molecule is CCC1CCC(N(C)Cc2ccc(CNC)s2)CC1. The third-order valence-corrected chi connectivity index (χ3v) is 5.56. The smallest absolute Gasteiger partial charge is 0.0327 e. The molecular weight excluding hydrogens is 252 g/mol. The fourth-order valence-corrected chi connectivity index (χ4v) is 4.24. The van der Waals surface area contributed by atoms with E-state index in [0.29, 0.717) is 0 Å². The number of thiophene rings is 1. The first kappa shape index (κ1) is 15.0. The van der Waals surface area contributed by atoms with Crippen molar-refractivity contribution in [1.29, 1.82) is 0 Å². The molecule has 0 unspecified atom stereocenters. The van der Waals surface area contributed by atoms with Gasteiger partial charge >= 0.3 is 0 Å². The highest BCUT2D eigenvalue weighted by atomic mass is 32.1. The van der Waals surface area contributed by atoms with E-state index in [0.717, 1.165) is 25.0 Å². The predicted octanol–water partition coefficient (Wildman–Crippen LogP) is 3.87. The number of nitrogens with one attached hydrogen (secondary N) is 1. The summed E-state index contributed by atoms with van der Waals surface area (Å²) in [5.41, 5.74) is 0. The topological polar surface area (TPSA) is 15.3 Å². The van der Waals surface area contributed by atoms with Gasteiger partial charge in [0, 0.05) is 28.9 Å². The highest BCUT2D eigenvalue weighted by Crippen LogP contribution is 2.30. The van der Waals surface area contributed by atoms with Crippen LogP contribution >= 0.6 is 11.3 Å². The molecule has 1 N–H and O–H groups in total. The summed E-state index contributed by atoms with van der Waals surface area (Å²) in [5.74, 6) is 0.994. The third kappa shape index (κ3) is 4.30. The standard InChI is InChI=1S/C16H28N2S/c1-4-13-5-7-14(8-6-13)18(3)12-16-10-9-15(19-16)11-17-2/h9-10,13-14,17H,4-8,11-12H2,1-3H3. The Balaban J connectivity index is 1.81. The fraction of sp³-hybridized carbons (Fsp3) is 0.750. The maximum absolute atomic E-state index is 3.22. The molecule has 0 bridgehead atoms. The van der Waals surface area contributed by atoms with Crippen LogP contribution in [0.5, 0.6) is 0 Å². The molecule has 0 atom stereocenters. The van der Waals surface area contributed by atoms with Gasteiger partial charge in [0.05, 0.1) is 0 Å². The Labute approximate surface area is 122 Å². The second kappa shape index (κ2) is 7.41. The van der Waals surface area contributed by atoms with Crippen LogP contribution in [0.1, 0.15) is 48.8 Å². The molecule has 1 aromatic rings. The van der Waals surface area contributed by atoms with E-state index in [1.54, 1.807) is 0 Å². The van der Waals surface area contributed by atoms with Crippen LogP contribution in [0.15, 0.2) is 12.1 Å². The zero-order chi connectivity index (χ0) is 13.7. The maximum atomic E-state index is 3.22. The zero-order valence-corrected chi connectivity index (χ0v) is 13.4. The number of rotatable bonds is 6. The second-order valence-corrected chi connectivity index (χ2v) is 7.15. The van der Waals surface area contributed by atoms with E-state index in [2.05, 4.69) is 36.3 Å². The van der Waals surface area contributed by atoms with Crippen molar-refractivity contribution in [3.63, 3.8) is 0 Å². The normalized spacial score (nSPS) is 24.0. The van der Waals surface area contributed by atoms with Crippen LogP contribution in [0.25, 0.3) is 0 Å². The van der Waals surface area contributed by atoms with Crippen LogP contribution in [0.2, 0.25) is 0 Å². The molecule has 1 saturated carbocycles. The van der Waals surface area contributed by atoms with Gasteiger partial charge in [0.15, 0.2) is 0 Å². The lowest BCUT2D eigenvalue weighted by atomic mass is 9.84. The zero-order valence-electron chi connectivity index (χ0n) is 12.6. The monoisotopic (exact) mass is 280 g/mol. The lowest BCUT2D eigenvalue weighted by molar-refractivity contribution is 0.158. The van der Waals surface area contributed by atoms with E-state index in [1.165, 1.54) is 41.9 Å². The molecule has 108 valence electrons. The Bertz CT molecular complexity index is 367. The Kier molecular flexibility index (Phi) is 5.86. The van der Waals surface area contributed by atoms with Crippen molar-refractivity contribution in [2.24, 2.45) is 5.92 Å². The van der Waals surface area contributed by atoms with Crippen LogP contribution in [-0.4, -0.2) is 25.0 Å². The van der Waals surface area contributed by atoms with Gasteiger partial charge in [-0.2, -0.15) is 0 Å². The van der Waals surface area contributed by atoms with E-state index in [4.69, 9.17) is 0 Å². The highest BCUT2D eigenvalue weighted by Gasteiger charge is 2.23. The summed E-state index contributed by atoms with van der Waals surface area (Å²) >= 11 is 1.95. The van der Waals surface area contributed by atoms with Crippen molar-refractivity contribution in [1.82, 2.24) is 10.2 Å². The first-order chi connectivity index (χ1) is 9.22. The maximum Gasteiger partial charge on any atom is 0.0327 e. The molecule has 1 fully saturated rings. The van der Waals surface area contributed by atoms with E-state index in [-0.39, 0.29) is 0 Å². The molecule has 19 heavy (non-hydrogen) atoms. The molecule has 2 rings (SSSR count). The van der Waals surface area contributed by atoms with Crippen molar-refractivity contribution in [2.45, 2.75) is 58.2 Å². The summed E-state index contributed by atoms with van der Waals surface area (Å²) in [7, 11) is 4.31. The van der Waals surface area contributed by atoms with Gasteiger partial charge in [-0.25, -0.2) is 0 Å². The third-order valence-electron chi connectivity index (χ3n) is 4.49. The molecule has 0 amide bonds. The second-order valence-electron chi connectivity index (χ2n) is 5.90. The average Bonchev–Trinajstić information content (AvgIpc) is 2.86. The minimum atomic E-state index is 0.803. The Morgan fingerprint density at radius 3 is 2.53 bits per heavy atom. The highest BCUT2D eigenvalue weighted by molar-refractivity contribution is 7.11. The lowest BCUT2D eigenvalue weighted by Crippen LogP contribution is -2.34. The molecule has 3 heteroatoms. The van der Waals surface area contributed by atoms with E-state index < -0.39 is 0 Å². The minimum absolute atomic E-state index is 0.803. The van der Waals surface area contributed by atoms with Gasteiger partial charge in [0.1, 0.15) is 0 Å². The summed E-state index contributed by atoms with van der Waals surface area (Å²) in [6.07, 6.45) is 7.02. The summed E-state index contributed by atoms with van der Waals surface area (Å²) in [6, 6.07) is 5.36. The van der Waals surface area contributed by atoms with Crippen molar-refractivity contribution in [2.75, 3.05) is 14.1 Å². The van der Waals surface area contributed by atoms with Crippen molar-refractivity contribution in [3.8, 4) is 0 Å². The Hall–Kier alpha value is -0.380. The first-order valence-corrected chi connectivity index (χ1v) is 8.47. The number of hydrogen-bond donors (Lipinski definition) is 1. The molecule has 2 nitrogen and oxygen atoms in total. The van der Waals surface area contributed by atoms with Crippen LogP contribution in [0.4, 0.5) is 0 Å². The summed E-state index contributed by atoms with van der Waals surface area (Å²) in [5, 5.41) is 3.22. The molecule has 1 aliphatic carbocycles. The quantitative estimate of drug-likeness (QED) is 0.851. The van der Waals surface area contributed by atoms with Crippen LogP contribution in [-0.2, 0) is 13.1 Å². The number of nitrogens with zero attached hydrogens (tertiary/aromatic N) is 1. The molecule has 0 aliphatic heterocycles. The van der Waals surface area contributed by atoms with Gasteiger partial charge in [-0.3, -0.25) is 4.90 Å². The van der Waals surface area contributed by atoms with Gasteiger partial charge in [-0.05, 0) is 57.8 Å². The molecule has 0 aromatic carbocycles. The van der Waals surface area contributed by atoms with Gasteiger partial charge in [-0.1, -0.05) is 13.3 Å². The van der Waals surface area contributed by atoms with Crippen molar-refractivity contribution in [3.05, 3.63) is 21.9 Å². The molecule has 0 radical (unpaired) electrons. The van der Waals surface area contributed by atoms with Gasteiger partial charge in [0.25, 0.3) is 0 Å². The van der Waals surface area contributed by atoms with Crippen LogP contribution in [0, 0.1) is 5.92 Å². The van der Waals surface area contributed by atoms with E-state index in [1.807, 2.05) is 18.4 Å². The molecule has 0 spiro atoms. The predicted molar refractivity (Wildman–Crippen MR) is 84.6 cm³/mol. The van der Waals surface area contributed by atoms with Gasteiger partial charge in [0.2, 0.25) is 0 Å². The van der Waals surface area contributed by atoms with Crippen LogP contribution < -0.4 is 5.32 Å². The molecule has 1 aliphatic rings. The molecular formula is C16H28N2S. The van der Waals surface area contributed by atoms with Crippen LogP contribution in [0.3, 0.4) is 0 Å². The van der Waals surface area contributed by atoms with Crippen molar-refractivity contribution < 1.29 is 0 Å². The van der Waals surface area contributed by atoms with E-state index in [9.17, 15) is 0 Å². The molecule has 1 heterocycles. The lowest BCUT2D eigenvalue weighted by Gasteiger charge is -2.34. The summed E-state index contributed by atoms with van der Waals surface area (Å²) < 4.78 is 0. The number of hydrogen-bond acceptors (Lipinski definition) is 3. The summed E-state index contributed by atoms with van der Waals surface area (Å²) in [6.45, 7) is 4.45. The summed E-state index contributed by atoms with van der Waals surface area (Å²) in [4.78, 5) is 5.52. The fourth-order valence-electron chi connectivity index (χ4n) is 3.15. The van der Waals surface area contributed by atoms with Gasteiger partial charge < -0.3 is 5.32 Å². The van der Waals surface area contributed by atoms with E-state index >= 15 is 0 Å². The molecule has 1 aromatic heterocycles. The molecule has 0 saturated heterocycles. The average molecular weight is 280 g/mol. The first-order valence-electron chi connectivity index (χ1n) is 7.65. The largest absolute Gasteiger partial charge is 0.315 e. The van der Waals surface area contributed by atoms with Gasteiger partial charge in [-0.15, -0.1) is 11.3 Å². The van der Waals surface area contributed by atoms with Crippen molar-refractivity contribution >= 4 is 11.3 Å². The Morgan fingerprint density at radius 2 is 1.89 bits per heavy atom.